The first kappa shape index (κ1) is 16.3. The minimum absolute atomic E-state index is 0.0464. The van der Waals surface area contributed by atoms with Gasteiger partial charge in [0.1, 0.15) is 11.9 Å². The molecule has 2 amide bonds. The Labute approximate surface area is 141 Å². The summed E-state index contributed by atoms with van der Waals surface area (Å²) in [6.07, 6.45) is 1.34. The lowest BCUT2D eigenvalue weighted by atomic mass is 10.1. The summed E-state index contributed by atoms with van der Waals surface area (Å²) in [5, 5.41) is 15.1. The third-order valence-corrected chi connectivity index (χ3v) is 4.08. The number of hydrogen-bond acceptors (Lipinski definition) is 3. The van der Waals surface area contributed by atoms with Gasteiger partial charge in [0.25, 0.3) is 0 Å². The Morgan fingerprint density at radius 2 is 1.92 bits per heavy atom. The average Bonchev–Trinajstić information content (AvgIpc) is 3.03. The lowest BCUT2D eigenvalue weighted by Crippen LogP contribution is -2.47. The Hall–Kier alpha value is -2.53. The number of carbonyl (C=O) groups excluding carboxylic acids is 1. The highest BCUT2D eigenvalue weighted by atomic mass is 16.5. The van der Waals surface area contributed by atoms with Gasteiger partial charge in [0.05, 0.1) is 19.2 Å². The molecule has 3 N–H and O–H groups in total. The van der Waals surface area contributed by atoms with Crippen molar-refractivity contribution in [2.24, 2.45) is 0 Å². The molecule has 2 aromatic carbocycles. The van der Waals surface area contributed by atoms with E-state index >= 15 is 0 Å². The summed E-state index contributed by atoms with van der Waals surface area (Å²) < 4.78 is 5.79. The minimum Gasteiger partial charge on any atom is -0.488 e. The van der Waals surface area contributed by atoms with E-state index in [-0.39, 0.29) is 24.8 Å². The van der Waals surface area contributed by atoms with Gasteiger partial charge < -0.3 is 20.5 Å². The van der Waals surface area contributed by atoms with Crippen LogP contribution >= 0.6 is 0 Å². The number of ether oxygens (including phenoxy) is 1. The van der Waals surface area contributed by atoms with E-state index in [1.165, 1.54) is 5.56 Å². The highest BCUT2D eigenvalue weighted by molar-refractivity contribution is 5.74. The first-order valence-electron chi connectivity index (χ1n) is 8.18. The van der Waals surface area contributed by atoms with Crippen LogP contribution in [0.4, 0.5) is 4.79 Å². The maximum absolute atomic E-state index is 12.0. The summed E-state index contributed by atoms with van der Waals surface area (Å²) in [6.45, 7) is 0.331. The van der Waals surface area contributed by atoms with Crippen LogP contribution in [-0.2, 0) is 12.8 Å². The molecular formula is C19H22N2O3. The molecule has 24 heavy (non-hydrogen) atoms. The van der Waals surface area contributed by atoms with Crippen molar-refractivity contribution < 1.29 is 14.6 Å². The van der Waals surface area contributed by atoms with Crippen molar-refractivity contribution in [2.45, 2.75) is 25.0 Å². The third kappa shape index (κ3) is 4.26. The molecule has 0 aromatic heterocycles. The van der Waals surface area contributed by atoms with Crippen LogP contribution in [0.25, 0.3) is 0 Å². The Kier molecular flexibility index (Phi) is 5.33. The van der Waals surface area contributed by atoms with Gasteiger partial charge in [-0.15, -0.1) is 0 Å². The second-order valence-corrected chi connectivity index (χ2v) is 5.98. The number of urea groups is 1. The zero-order valence-corrected chi connectivity index (χ0v) is 13.4. The van der Waals surface area contributed by atoms with Crippen LogP contribution in [0.5, 0.6) is 5.75 Å². The summed E-state index contributed by atoms with van der Waals surface area (Å²) in [5.74, 6) is 0.891. The smallest absolute Gasteiger partial charge is 0.315 e. The van der Waals surface area contributed by atoms with Crippen molar-refractivity contribution in [3.8, 4) is 5.75 Å². The molecule has 3 rings (SSSR count). The number of hydrogen-bond donors (Lipinski definition) is 3. The molecule has 0 aliphatic carbocycles. The molecule has 0 saturated carbocycles. The van der Waals surface area contributed by atoms with Crippen molar-refractivity contribution in [1.29, 1.82) is 0 Å². The van der Waals surface area contributed by atoms with Gasteiger partial charge >= 0.3 is 6.03 Å². The van der Waals surface area contributed by atoms with E-state index in [1.807, 2.05) is 54.6 Å². The van der Waals surface area contributed by atoms with Crippen LogP contribution in [0.2, 0.25) is 0 Å². The van der Waals surface area contributed by atoms with Crippen molar-refractivity contribution in [3.63, 3.8) is 0 Å². The molecule has 0 fully saturated rings. The molecule has 126 valence electrons. The highest BCUT2D eigenvalue weighted by Gasteiger charge is 2.23. The van der Waals surface area contributed by atoms with Crippen LogP contribution in [0, 0.1) is 0 Å². The number of fused-ring (bicyclic) bond motifs is 1. The molecule has 5 heteroatoms. The van der Waals surface area contributed by atoms with E-state index in [0.717, 1.165) is 17.7 Å². The van der Waals surface area contributed by atoms with Crippen LogP contribution in [-0.4, -0.2) is 36.4 Å². The number of para-hydroxylation sites is 1. The van der Waals surface area contributed by atoms with Crippen LogP contribution in [0.15, 0.2) is 54.6 Å². The maximum atomic E-state index is 12.0. The van der Waals surface area contributed by atoms with Gasteiger partial charge in [-0.25, -0.2) is 4.79 Å². The van der Waals surface area contributed by atoms with Crippen LogP contribution in [0.1, 0.15) is 11.1 Å². The Morgan fingerprint density at radius 1 is 1.17 bits per heavy atom. The van der Waals surface area contributed by atoms with Crippen LogP contribution in [0.3, 0.4) is 0 Å². The number of rotatable bonds is 6. The normalized spacial score (nSPS) is 16.8. The van der Waals surface area contributed by atoms with Crippen LogP contribution < -0.4 is 15.4 Å². The lowest BCUT2D eigenvalue weighted by Gasteiger charge is -2.18. The van der Waals surface area contributed by atoms with Gasteiger partial charge in [0, 0.05) is 6.42 Å². The highest BCUT2D eigenvalue weighted by Crippen LogP contribution is 2.27. The van der Waals surface area contributed by atoms with E-state index in [4.69, 9.17) is 4.74 Å². The van der Waals surface area contributed by atoms with Gasteiger partial charge in [-0.05, 0) is 23.6 Å². The fourth-order valence-corrected chi connectivity index (χ4v) is 2.87. The summed E-state index contributed by atoms with van der Waals surface area (Å²) in [7, 11) is 0. The van der Waals surface area contributed by atoms with Crippen molar-refractivity contribution in [1.82, 2.24) is 10.6 Å². The van der Waals surface area contributed by atoms with E-state index in [1.54, 1.807) is 0 Å². The average molecular weight is 326 g/mol. The van der Waals surface area contributed by atoms with Gasteiger partial charge in [0.2, 0.25) is 0 Å². The van der Waals surface area contributed by atoms with E-state index in [2.05, 4.69) is 10.6 Å². The van der Waals surface area contributed by atoms with Gasteiger partial charge in [-0.1, -0.05) is 48.5 Å². The fourth-order valence-electron chi connectivity index (χ4n) is 2.87. The maximum Gasteiger partial charge on any atom is 0.315 e. The Balaban J connectivity index is 1.44. The number of benzene rings is 2. The third-order valence-electron chi connectivity index (χ3n) is 4.08. The van der Waals surface area contributed by atoms with E-state index < -0.39 is 0 Å². The molecule has 0 bridgehead atoms. The standard InChI is InChI=1S/C19H22N2O3/c22-13-16(10-14-6-2-1-3-7-14)21-19(23)20-12-17-11-15-8-4-5-9-18(15)24-17/h1-9,16-17,22H,10-13H2,(H2,20,21,23)/t16-,17?/m0/s1. The van der Waals surface area contributed by atoms with Crippen molar-refractivity contribution in [2.75, 3.05) is 13.2 Å². The zero-order chi connectivity index (χ0) is 16.8. The van der Waals surface area contributed by atoms with Crippen molar-refractivity contribution >= 4 is 6.03 Å². The predicted molar refractivity (Wildman–Crippen MR) is 92.1 cm³/mol. The first-order valence-corrected chi connectivity index (χ1v) is 8.18. The summed E-state index contributed by atoms with van der Waals surface area (Å²) in [5.41, 5.74) is 2.24. The number of carbonyl (C=O) groups is 1. The quantitative estimate of drug-likeness (QED) is 0.759. The number of aliphatic hydroxyl groups excluding tert-OH is 1. The lowest BCUT2D eigenvalue weighted by molar-refractivity contribution is 0.202. The van der Waals surface area contributed by atoms with Crippen molar-refractivity contribution in [3.05, 3.63) is 65.7 Å². The Morgan fingerprint density at radius 3 is 2.67 bits per heavy atom. The summed E-state index contributed by atoms with van der Waals surface area (Å²) >= 11 is 0. The monoisotopic (exact) mass is 326 g/mol. The predicted octanol–water partition coefficient (Wildman–Crippen LogP) is 1.89. The molecular weight excluding hydrogens is 304 g/mol. The minimum atomic E-state index is -0.311. The molecule has 0 saturated heterocycles. The summed E-state index contributed by atoms with van der Waals surface area (Å²) in [6, 6.07) is 17.1. The fraction of sp³-hybridized carbons (Fsp3) is 0.316. The summed E-state index contributed by atoms with van der Waals surface area (Å²) in [4.78, 5) is 12.0. The number of amides is 2. The molecule has 2 aromatic rings. The topological polar surface area (TPSA) is 70.6 Å². The molecule has 1 heterocycles. The van der Waals surface area contributed by atoms with E-state index in [9.17, 15) is 9.90 Å². The molecule has 0 spiro atoms. The van der Waals surface area contributed by atoms with E-state index in [0.29, 0.717) is 13.0 Å². The largest absolute Gasteiger partial charge is 0.488 e. The SMILES string of the molecule is O=C(NCC1Cc2ccccc2O1)N[C@H](CO)Cc1ccccc1. The molecule has 5 nitrogen and oxygen atoms in total. The number of nitrogens with one attached hydrogen (secondary N) is 2. The molecule has 0 radical (unpaired) electrons. The van der Waals surface area contributed by atoms with Gasteiger partial charge in [0.15, 0.2) is 0 Å². The zero-order valence-electron chi connectivity index (χ0n) is 13.4. The second kappa shape index (κ2) is 7.84. The Bertz CT molecular complexity index is 650. The molecule has 1 unspecified atom stereocenters. The van der Waals surface area contributed by atoms with Gasteiger partial charge in [-0.2, -0.15) is 0 Å². The molecule has 1 aliphatic heterocycles. The molecule has 1 aliphatic rings. The van der Waals surface area contributed by atoms with Gasteiger partial charge in [-0.3, -0.25) is 0 Å². The number of aliphatic hydroxyl groups is 1. The molecule has 2 atom stereocenters. The second-order valence-electron chi connectivity index (χ2n) is 5.98. The first-order chi connectivity index (χ1) is 11.7.